The van der Waals surface area contributed by atoms with E-state index >= 15 is 0 Å². The van der Waals surface area contributed by atoms with Crippen LogP contribution in [0.4, 0.5) is 20.5 Å². The highest BCUT2D eigenvalue weighted by Crippen LogP contribution is 2.29. The van der Waals surface area contributed by atoms with Crippen LogP contribution in [-0.4, -0.2) is 99.9 Å². The number of alkyl halides is 2. The second kappa shape index (κ2) is 12.7. The molecule has 0 spiro atoms. The largest absolute Gasteiger partial charge is 0.395 e. The van der Waals surface area contributed by atoms with E-state index in [0.29, 0.717) is 69.1 Å². The van der Waals surface area contributed by atoms with Crippen molar-refractivity contribution in [3.63, 3.8) is 0 Å². The fourth-order valence-electron chi connectivity index (χ4n) is 5.20. The molecule has 1 atom stereocenters. The van der Waals surface area contributed by atoms with Gasteiger partial charge in [0.2, 0.25) is 17.8 Å². The molecule has 14 heteroatoms. The third-order valence-electron chi connectivity index (χ3n) is 7.35. The van der Waals surface area contributed by atoms with Crippen molar-refractivity contribution in [2.45, 2.75) is 32.2 Å². The van der Waals surface area contributed by atoms with Gasteiger partial charge in [-0.3, -0.25) is 14.2 Å². The molecule has 3 N–H and O–H groups in total. The summed E-state index contributed by atoms with van der Waals surface area (Å²) in [6.07, 6.45) is -1.80. The maximum Gasteiger partial charge on any atom is 0.296 e. The van der Waals surface area contributed by atoms with Crippen molar-refractivity contribution in [3.8, 4) is 5.82 Å². The summed E-state index contributed by atoms with van der Waals surface area (Å²) in [6.45, 7) is 4.75. The predicted molar refractivity (Wildman–Crippen MR) is 147 cm³/mol. The molecule has 1 aromatic carbocycles. The van der Waals surface area contributed by atoms with Crippen molar-refractivity contribution in [2.24, 2.45) is 5.92 Å². The molecule has 2 fully saturated rings. The average molecular weight is 573 g/mol. The lowest BCUT2D eigenvalue weighted by Gasteiger charge is -2.33. The van der Waals surface area contributed by atoms with E-state index in [9.17, 15) is 18.4 Å². The number of fused-ring (bicyclic) bond motifs is 1. The van der Waals surface area contributed by atoms with Crippen molar-refractivity contribution < 1.29 is 28.2 Å². The minimum absolute atomic E-state index is 0.117. The Kier molecular flexibility index (Phi) is 8.88. The van der Waals surface area contributed by atoms with Crippen LogP contribution in [-0.2, 0) is 14.3 Å². The lowest BCUT2D eigenvalue weighted by atomic mass is 9.95. The van der Waals surface area contributed by atoms with Crippen LogP contribution in [0.1, 0.15) is 32.0 Å². The van der Waals surface area contributed by atoms with Gasteiger partial charge in [0, 0.05) is 44.7 Å². The first-order valence-corrected chi connectivity index (χ1v) is 13.8. The molecule has 2 amide bonds. The van der Waals surface area contributed by atoms with Crippen molar-refractivity contribution in [1.82, 2.24) is 29.7 Å². The van der Waals surface area contributed by atoms with Gasteiger partial charge in [0.25, 0.3) is 6.43 Å². The van der Waals surface area contributed by atoms with Gasteiger partial charge in [-0.05, 0) is 31.9 Å². The van der Waals surface area contributed by atoms with Gasteiger partial charge in [0.1, 0.15) is 17.7 Å². The molecule has 0 saturated carbocycles. The van der Waals surface area contributed by atoms with Crippen LogP contribution in [0.5, 0.6) is 0 Å². The molecule has 220 valence electrons. The topological polar surface area (TPSA) is 138 Å². The summed E-state index contributed by atoms with van der Waals surface area (Å²) in [5, 5.41) is 14.7. The van der Waals surface area contributed by atoms with Crippen molar-refractivity contribution >= 4 is 34.6 Å². The second-order valence-electron chi connectivity index (χ2n) is 10.1. The number of morpholine rings is 1. The zero-order valence-corrected chi connectivity index (χ0v) is 22.8. The predicted octanol–water partition coefficient (Wildman–Crippen LogP) is 1.74. The molecule has 12 nitrogen and oxygen atoms in total. The molecule has 0 aliphatic carbocycles. The Morgan fingerprint density at radius 3 is 2.49 bits per heavy atom. The number of amides is 2. The number of para-hydroxylation sites is 2. The van der Waals surface area contributed by atoms with Crippen LogP contribution in [0, 0.1) is 5.92 Å². The van der Waals surface area contributed by atoms with Gasteiger partial charge in [0.15, 0.2) is 5.82 Å². The summed E-state index contributed by atoms with van der Waals surface area (Å²) in [6, 6.07) is 7.79. The van der Waals surface area contributed by atoms with Crippen LogP contribution in [0.2, 0.25) is 0 Å². The number of nitrogens with zero attached hydrogens (tertiary/aromatic N) is 6. The van der Waals surface area contributed by atoms with E-state index in [1.807, 2.05) is 4.90 Å². The number of aliphatic hydroxyl groups excluding tert-OH is 1. The first kappa shape index (κ1) is 28.6. The Labute approximate surface area is 235 Å². The quantitative estimate of drug-likeness (QED) is 0.350. The number of hydrogen-bond acceptors (Lipinski definition) is 9. The third-order valence-corrected chi connectivity index (χ3v) is 7.35. The summed E-state index contributed by atoms with van der Waals surface area (Å²) in [5.41, 5.74) is 0.899. The number of carbonyl (C=O) groups is 2. The van der Waals surface area contributed by atoms with E-state index in [-0.39, 0.29) is 42.7 Å². The number of imidazole rings is 1. The number of carbonyl (C=O) groups excluding carboxylic acids is 2. The third kappa shape index (κ3) is 6.38. The number of rotatable bonds is 9. The maximum atomic E-state index is 14.1. The van der Waals surface area contributed by atoms with Crippen LogP contribution in [0.25, 0.3) is 16.9 Å². The first-order valence-electron chi connectivity index (χ1n) is 13.8. The molecular formula is C27H34F2N8O4. The van der Waals surface area contributed by atoms with E-state index in [2.05, 4.69) is 25.6 Å². The highest BCUT2D eigenvalue weighted by atomic mass is 19.3. The lowest BCUT2D eigenvalue weighted by Crippen LogP contribution is -2.47. The second-order valence-corrected chi connectivity index (χ2v) is 10.1. The van der Waals surface area contributed by atoms with E-state index < -0.39 is 18.3 Å². The number of aromatic nitrogens is 4. The Morgan fingerprint density at radius 1 is 1.07 bits per heavy atom. The standard InChI is InChI=1S/C27H34F2N8O4/c1-17(26(40)36-9-6-18(7-10-36)25(39)30-8-13-38)31-27-33-21(35-11-14-41-15-12-35)16-22(34-27)37-20-5-3-2-4-19(20)32-24(37)23(28)29/h2-5,16-18,23,38H,6-15H2,1H3,(H,30,39)(H,31,33,34)/t17-/m0/s1. The Morgan fingerprint density at radius 2 is 1.78 bits per heavy atom. The first-order chi connectivity index (χ1) is 19.9. The molecule has 5 rings (SSSR count). The van der Waals surface area contributed by atoms with Crippen LogP contribution < -0.4 is 15.5 Å². The number of benzene rings is 1. The van der Waals surface area contributed by atoms with E-state index in [4.69, 9.17) is 9.84 Å². The summed E-state index contributed by atoms with van der Waals surface area (Å²) in [4.78, 5) is 42.5. The smallest absolute Gasteiger partial charge is 0.296 e. The number of anilines is 2. The highest BCUT2D eigenvalue weighted by Gasteiger charge is 2.30. The molecule has 2 aromatic heterocycles. The van der Waals surface area contributed by atoms with Gasteiger partial charge in [-0.25, -0.2) is 13.8 Å². The molecule has 0 radical (unpaired) electrons. The molecule has 2 aliphatic rings. The molecule has 41 heavy (non-hydrogen) atoms. The number of halogens is 2. The normalized spacial score (nSPS) is 17.2. The van der Waals surface area contributed by atoms with Crippen molar-refractivity contribution in [3.05, 3.63) is 36.2 Å². The Hall–Kier alpha value is -3.91. The molecule has 0 unspecified atom stereocenters. The van der Waals surface area contributed by atoms with Crippen LogP contribution >= 0.6 is 0 Å². The Bertz CT molecular complexity index is 1370. The molecule has 2 saturated heterocycles. The number of likely N-dealkylation sites (tertiary alicyclic amines) is 1. The maximum absolute atomic E-state index is 14.1. The minimum Gasteiger partial charge on any atom is -0.395 e. The van der Waals surface area contributed by atoms with Gasteiger partial charge in [0.05, 0.1) is 30.9 Å². The fourth-order valence-corrected chi connectivity index (χ4v) is 5.20. The molecule has 4 heterocycles. The zero-order chi connectivity index (χ0) is 28.9. The monoisotopic (exact) mass is 572 g/mol. The highest BCUT2D eigenvalue weighted by molar-refractivity contribution is 5.85. The fraction of sp³-hybridized carbons (Fsp3) is 0.519. The molecular weight excluding hydrogens is 538 g/mol. The summed E-state index contributed by atoms with van der Waals surface area (Å²) in [7, 11) is 0. The number of aliphatic hydroxyl groups is 1. The van der Waals surface area contributed by atoms with Gasteiger partial charge in [-0.2, -0.15) is 9.97 Å². The SMILES string of the molecule is C[C@H](Nc1nc(N2CCOCC2)cc(-n2c(C(F)F)nc3ccccc32)n1)C(=O)N1CCC(C(=O)NCCO)CC1. The van der Waals surface area contributed by atoms with E-state index in [1.54, 1.807) is 42.2 Å². The minimum atomic E-state index is -2.84. The van der Waals surface area contributed by atoms with Gasteiger partial charge < -0.3 is 30.3 Å². The van der Waals surface area contributed by atoms with E-state index in [1.165, 1.54) is 4.57 Å². The van der Waals surface area contributed by atoms with Crippen LogP contribution in [0.15, 0.2) is 30.3 Å². The van der Waals surface area contributed by atoms with Crippen LogP contribution in [0.3, 0.4) is 0 Å². The van der Waals surface area contributed by atoms with E-state index in [0.717, 1.165) is 0 Å². The van der Waals surface area contributed by atoms with Crippen molar-refractivity contribution in [1.29, 1.82) is 0 Å². The molecule has 2 aliphatic heterocycles. The summed E-state index contributed by atoms with van der Waals surface area (Å²) in [5.74, 6) is -0.0785. The molecule has 0 bridgehead atoms. The number of ether oxygens (including phenoxy) is 1. The number of hydrogen-bond donors (Lipinski definition) is 3. The number of piperidine rings is 1. The summed E-state index contributed by atoms with van der Waals surface area (Å²) < 4.78 is 35.0. The van der Waals surface area contributed by atoms with Crippen molar-refractivity contribution in [2.75, 3.05) is 62.8 Å². The molecule has 3 aromatic rings. The zero-order valence-electron chi connectivity index (χ0n) is 22.8. The lowest BCUT2D eigenvalue weighted by molar-refractivity contribution is -0.136. The van der Waals surface area contributed by atoms with Gasteiger partial charge >= 0.3 is 0 Å². The summed E-state index contributed by atoms with van der Waals surface area (Å²) >= 11 is 0. The van der Waals surface area contributed by atoms with Gasteiger partial charge in [-0.1, -0.05) is 12.1 Å². The Balaban J connectivity index is 1.39. The number of nitrogens with one attached hydrogen (secondary N) is 2. The average Bonchev–Trinajstić information content (AvgIpc) is 3.40. The van der Waals surface area contributed by atoms with Gasteiger partial charge in [-0.15, -0.1) is 0 Å².